The van der Waals surface area contributed by atoms with Crippen molar-refractivity contribution in [2.45, 2.75) is 43.2 Å². The van der Waals surface area contributed by atoms with Gasteiger partial charge in [0.05, 0.1) is 11.1 Å². The number of sulfonamides is 1. The average molecular weight is 431 g/mol. The minimum absolute atomic E-state index is 0.219. The van der Waals surface area contributed by atoms with E-state index in [1.807, 2.05) is 36.4 Å². The van der Waals surface area contributed by atoms with E-state index in [2.05, 4.69) is 19.8 Å². The maximum Gasteiger partial charge on any atom is 0.242 e. The van der Waals surface area contributed by atoms with E-state index in [1.165, 1.54) is 25.9 Å². The molecule has 2 saturated heterocycles. The van der Waals surface area contributed by atoms with Crippen molar-refractivity contribution in [2.75, 3.05) is 45.8 Å². The van der Waals surface area contributed by atoms with E-state index in [0.29, 0.717) is 11.4 Å². The van der Waals surface area contributed by atoms with Crippen LogP contribution < -0.4 is 10.0 Å². The standard InChI is InChI=1S/C23H34N4O2S/c28-30(29,22-12-7-10-20-9-1-2-11-21(20)22)25-23(27-17-5-6-18-27)19-24-13-8-16-26-14-3-4-15-26/h1-2,7,9-12,23-25H,3-6,8,13-19H2. The van der Waals surface area contributed by atoms with Gasteiger partial charge in [-0.05, 0) is 82.8 Å². The van der Waals surface area contributed by atoms with Crippen LogP contribution in [-0.2, 0) is 10.0 Å². The number of hydrogen-bond donors (Lipinski definition) is 2. The lowest BCUT2D eigenvalue weighted by Crippen LogP contribution is -2.52. The molecule has 7 heteroatoms. The zero-order valence-corrected chi connectivity index (χ0v) is 18.5. The lowest BCUT2D eigenvalue weighted by Gasteiger charge is -2.29. The fourth-order valence-corrected chi connectivity index (χ4v) is 6.09. The van der Waals surface area contributed by atoms with Crippen LogP contribution in [-0.4, -0.2) is 70.2 Å². The molecule has 1 unspecified atom stereocenters. The third-order valence-corrected chi connectivity index (χ3v) is 7.79. The number of nitrogens with one attached hydrogen (secondary N) is 2. The summed E-state index contributed by atoms with van der Waals surface area (Å²) in [5.74, 6) is 0. The predicted molar refractivity (Wildman–Crippen MR) is 122 cm³/mol. The molecule has 2 aromatic carbocycles. The molecule has 2 fully saturated rings. The van der Waals surface area contributed by atoms with Crippen molar-refractivity contribution in [1.82, 2.24) is 19.8 Å². The van der Waals surface area contributed by atoms with Gasteiger partial charge in [0.25, 0.3) is 0 Å². The lowest BCUT2D eigenvalue weighted by molar-refractivity contribution is 0.222. The highest BCUT2D eigenvalue weighted by Crippen LogP contribution is 2.23. The van der Waals surface area contributed by atoms with Gasteiger partial charge in [-0.1, -0.05) is 36.4 Å². The predicted octanol–water partition coefficient (Wildman–Crippen LogP) is 2.62. The van der Waals surface area contributed by atoms with E-state index in [1.54, 1.807) is 6.07 Å². The maximum absolute atomic E-state index is 13.3. The van der Waals surface area contributed by atoms with Gasteiger partial charge in [0.1, 0.15) is 0 Å². The Bertz CT molecular complexity index is 916. The van der Waals surface area contributed by atoms with E-state index in [0.717, 1.165) is 56.2 Å². The molecule has 0 amide bonds. The molecule has 0 saturated carbocycles. The van der Waals surface area contributed by atoms with Crippen LogP contribution in [0.1, 0.15) is 32.1 Å². The van der Waals surface area contributed by atoms with Gasteiger partial charge in [-0.3, -0.25) is 4.90 Å². The molecular formula is C23H34N4O2S. The number of nitrogens with zero attached hydrogens (tertiary/aromatic N) is 2. The van der Waals surface area contributed by atoms with Gasteiger partial charge in [-0.25, -0.2) is 8.42 Å². The quantitative estimate of drug-likeness (QED) is 0.568. The van der Waals surface area contributed by atoms with E-state index >= 15 is 0 Å². The maximum atomic E-state index is 13.3. The minimum Gasteiger partial charge on any atom is -0.314 e. The zero-order valence-electron chi connectivity index (χ0n) is 17.7. The van der Waals surface area contributed by atoms with Gasteiger partial charge in [-0.15, -0.1) is 0 Å². The molecule has 2 N–H and O–H groups in total. The largest absolute Gasteiger partial charge is 0.314 e. The first-order valence-electron chi connectivity index (χ1n) is 11.3. The zero-order chi connectivity index (χ0) is 20.8. The van der Waals surface area contributed by atoms with Gasteiger partial charge in [0, 0.05) is 11.9 Å². The number of rotatable bonds is 10. The van der Waals surface area contributed by atoms with Crippen molar-refractivity contribution >= 4 is 20.8 Å². The number of likely N-dealkylation sites (tertiary alicyclic amines) is 2. The van der Waals surface area contributed by atoms with Crippen molar-refractivity contribution in [3.8, 4) is 0 Å². The van der Waals surface area contributed by atoms with Crippen LogP contribution in [0, 0.1) is 0 Å². The molecule has 2 aliphatic rings. The fourth-order valence-electron chi connectivity index (χ4n) is 4.64. The van der Waals surface area contributed by atoms with Crippen molar-refractivity contribution < 1.29 is 8.42 Å². The normalized spacial score (nSPS) is 19.6. The Morgan fingerprint density at radius 1 is 0.900 bits per heavy atom. The van der Waals surface area contributed by atoms with Crippen molar-refractivity contribution in [3.05, 3.63) is 42.5 Å². The molecule has 2 aliphatic heterocycles. The number of benzene rings is 2. The minimum atomic E-state index is -3.62. The molecule has 0 radical (unpaired) electrons. The Balaban J connectivity index is 1.40. The van der Waals surface area contributed by atoms with Crippen LogP contribution in [0.5, 0.6) is 0 Å². The molecule has 164 valence electrons. The van der Waals surface area contributed by atoms with Crippen LogP contribution >= 0.6 is 0 Å². The smallest absolute Gasteiger partial charge is 0.242 e. The molecule has 0 aliphatic carbocycles. The molecule has 30 heavy (non-hydrogen) atoms. The van der Waals surface area contributed by atoms with Gasteiger partial charge < -0.3 is 10.2 Å². The van der Waals surface area contributed by atoms with E-state index in [4.69, 9.17) is 0 Å². The molecule has 2 aromatic rings. The first-order chi connectivity index (χ1) is 14.6. The second-order valence-corrected chi connectivity index (χ2v) is 10.1. The van der Waals surface area contributed by atoms with Crippen LogP contribution in [0.15, 0.2) is 47.4 Å². The van der Waals surface area contributed by atoms with Gasteiger partial charge in [0.15, 0.2) is 0 Å². The summed E-state index contributed by atoms with van der Waals surface area (Å²) in [5.41, 5.74) is 0. The van der Waals surface area contributed by atoms with Crippen LogP contribution in [0.3, 0.4) is 0 Å². The van der Waals surface area contributed by atoms with Gasteiger partial charge in [0.2, 0.25) is 10.0 Å². The second kappa shape index (κ2) is 10.2. The van der Waals surface area contributed by atoms with E-state index in [-0.39, 0.29) is 6.17 Å². The Morgan fingerprint density at radius 3 is 2.40 bits per heavy atom. The third-order valence-electron chi connectivity index (χ3n) is 6.28. The molecule has 6 nitrogen and oxygen atoms in total. The highest BCUT2D eigenvalue weighted by atomic mass is 32.2. The third kappa shape index (κ3) is 5.39. The summed E-state index contributed by atoms with van der Waals surface area (Å²) in [7, 11) is -3.62. The molecule has 4 rings (SSSR count). The van der Waals surface area contributed by atoms with Gasteiger partial charge >= 0.3 is 0 Å². The Labute approximate surface area is 180 Å². The van der Waals surface area contributed by atoms with Crippen molar-refractivity contribution in [2.24, 2.45) is 0 Å². The molecule has 0 spiro atoms. The first-order valence-corrected chi connectivity index (χ1v) is 12.8. The Morgan fingerprint density at radius 2 is 1.60 bits per heavy atom. The summed E-state index contributed by atoms with van der Waals surface area (Å²) >= 11 is 0. The Kier molecular flexibility index (Phi) is 7.38. The molecule has 1 atom stereocenters. The fraction of sp³-hybridized carbons (Fsp3) is 0.565. The van der Waals surface area contributed by atoms with Gasteiger partial charge in [-0.2, -0.15) is 4.72 Å². The highest BCUT2D eigenvalue weighted by molar-refractivity contribution is 7.89. The summed E-state index contributed by atoms with van der Waals surface area (Å²) in [6.07, 6.45) is 5.77. The van der Waals surface area contributed by atoms with Crippen LogP contribution in [0.2, 0.25) is 0 Å². The molecule has 2 heterocycles. The van der Waals surface area contributed by atoms with Crippen molar-refractivity contribution in [3.63, 3.8) is 0 Å². The SMILES string of the molecule is O=S(=O)(NC(CNCCCN1CCCC1)N1CCCC1)c1cccc2ccccc12. The molecule has 0 aromatic heterocycles. The summed E-state index contributed by atoms with van der Waals surface area (Å²) < 4.78 is 29.6. The summed E-state index contributed by atoms with van der Waals surface area (Å²) in [5, 5.41) is 5.21. The molecule has 0 bridgehead atoms. The number of hydrogen-bond acceptors (Lipinski definition) is 5. The summed E-state index contributed by atoms with van der Waals surface area (Å²) in [6.45, 7) is 7.00. The van der Waals surface area contributed by atoms with Crippen molar-refractivity contribution in [1.29, 1.82) is 0 Å². The monoisotopic (exact) mass is 430 g/mol. The first kappa shape index (κ1) is 21.7. The lowest BCUT2D eigenvalue weighted by atomic mass is 10.1. The summed E-state index contributed by atoms with van der Waals surface area (Å²) in [6, 6.07) is 13.1. The highest BCUT2D eigenvalue weighted by Gasteiger charge is 2.27. The van der Waals surface area contributed by atoms with Crippen LogP contribution in [0.4, 0.5) is 0 Å². The molecular weight excluding hydrogens is 396 g/mol. The number of fused-ring (bicyclic) bond motifs is 1. The second-order valence-electron chi connectivity index (χ2n) is 8.46. The average Bonchev–Trinajstić information content (AvgIpc) is 3.46. The van der Waals surface area contributed by atoms with E-state index < -0.39 is 10.0 Å². The summed E-state index contributed by atoms with van der Waals surface area (Å²) in [4.78, 5) is 5.14. The topological polar surface area (TPSA) is 64.7 Å². The Hall–Kier alpha value is -1.51. The van der Waals surface area contributed by atoms with E-state index in [9.17, 15) is 8.42 Å². The van der Waals surface area contributed by atoms with Crippen LogP contribution in [0.25, 0.3) is 10.8 Å².